The van der Waals surface area contributed by atoms with Gasteiger partial charge in [0, 0.05) is 37.5 Å². The third-order valence-electron chi connectivity index (χ3n) is 5.77. The maximum Gasteiger partial charge on any atom is 0.323 e. The quantitative estimate of drug-likeness (QED) is 0.221. The topological polar surface area (TPSA) is 174 Å². The van der Waals surface area contributed by atoms with Gasteiger partial charge < -0.3 is 21.1 Å². The van der Waals surface area contributed by atoms with Crippen molar-refractivity contribution in [3.63, 3.8) is 0 Å². The summed E-state index contributed by atoms with van der Waals surface area (Å²) in [6.45, 7) is 5.57. The molecule has 0 saturated carbocycles. The molecule has 13 heteroatoms. The van der Waals surface area contributed by atoms with Crippen LogP contribution in [0.25, 0.3) is 0 Å². The number of non-ortho nitro benzene ring substituents is 1. The molecule has 1 aliphatic heterocycles. The van der Waals surface area contributed by atoms with Crippen LogP contribution in [0.15, 0.2) is 61.2 Å². The van der Waals surface area contributed by atoms with Crippen molar-refractivity contribution in [3.8, 4) is 0 Å². The van der Waals surface area contributed by atoms with Gasteiger partial charge in [0.15, 0.2) is 6.17 Å². The van der Waals surface area contributed by atoms with Crippen LogP contribution in [-0.4, -0.2) is 69.6 Å². The van der Waals surface area contributed by atoms with E-state index in [2.05, 4.69) is 22.5 Å². The molecule has 38 heavy (non-hydrogen) atoms. The van der Waals surface area contributed by atoms with E-state index in [9.17, 15) is 34.4 Å². The Morgan fingerprint density at radius 2 is 1.82 bits per heavy atom. The molecule has 2 unspecified atom stereocenters. The van der Waals surface area contributed by atoms with Crippen LogP contribution in [0.3, 0.4) is 0 Å². The highest BCUT2D eigenvalue weighted by Gasteiger charge is 2.43. The molecule has 2 aromatic rings. The van der Waals surface area contributed by atoms with Crippen LogP contribution in [0, 0.1) is 17.0 Å². The van der Waals surface area contributed by atoms with Gasteiger partial charge in [-0.3, -0.25) is 29.5 Å². The molecule has 0 radical (unpaired) electrons. The summed E-state index contributed by atoms with van der Waals surface area (Å²) in [5.74, 6) is -2.09. The SMILES string of the molecule is C=CCNC(=O)N1CCN(C(=O)Nc2cccc(C)c2)C1C(=O)NC(CC(=O)O)c1cccc([N+](=O)[O-])c1. The zero-order valence-corrected chi connectivity index (χ0v) is 20.6. The first-order valence-corrected chi connectivity index (χ1v) is 11.7. The number of carboxylic acids is 1. The first-order chi connectivity index (χ1) is 18.1. The van der Waals surface area contributed by atoms with E-state index in [-0.39, 0.29) is 30.9 Å². The van der Waals surface area contributed by atoms with Crippen LogP contribution in [0.5, 0.6) is 0 Å². The van der Waals surface area contributed by atoms with Gasteiger partial charge in [-0.2, -0.15) is 0 Å². The highest BCUT2D eigenvalue weighted by atomic mass is 16.6. The predicted octanol–water partition coefficient (Wildman–Crippen LogP) is 2.61. The van der Waals surface area contributed by atoms with Crippen molar-refractivity contribution in [2.45, 2.75) is 25.6 Å². The van der Waals surface area contributed by atoms with Gasteiger partial charge in [0.05, 0.1) is 17.4 Å². The normalized spacial score (nSPS) is 15.3. The number of benzene rings is 2. The van der Waals surface area contributed by atoms with Gasteiger partial charge in [0.2, 0.25) is 0 Å². The van der Waals surface area contributed by atoms with E-state index < -0.39 is 47.5 Å². The largest absolute Gasteiger partial charge is 0.481 e. The van der Waals surface area contributed by atoms with Crippen LogP contribution in [0.2, 0.25) is 0 Å². The summed E-state index contributed by atoms with van der Waals surface area (Å²) >= 11 is 0. The maximum absolute atomic E-state index is 13.5. The number of aliphatic carboxylic acids is 1. The number of hydrogen-bond acceptors (Lipinski definition) is 6. The number of carbonyl (C=O) groups excluding carboxylic acids is 3. The molecule has 4 N–H and O–H groups in total. The van der Waals surface area contributed by atoms with Gasteiger partial charge in [-0.15, -0.1) is 6.58 Å². The number of carboxylic acid groups (broad SMARTS) is 1. The van der Waals surface area contributed by atoms with Gasteiger partial charge in [-0.05, 0) is 30.2 Å². The second-order valence-corrected chi connectivity index (χ2v) is 8.55. The van der Waals surface area contributed by atoms with E-state index in [0.717, 1.165) is 15.4 Å². The second-order valence-electron chi connectivity index (χ2n) is 8.55. The van der Waals surface area contributed by atoms with E-state index in [1.54, 1.807) is 18.2 Å². The Balaban J connectivity index is 1.90. The molecule has 1 saturated heterocycles. The molecule has 1 heterocycles. The lowest BCUT2D eigenvalue weighted by atomic mass is 10.0. The summed E-state index contributed by atoms with van der Waals surface area (Å²) in [6.07, 6.45) is -0.548. The van der Waals surface area contributed by atoms with E-state index in [4.69, 9.17) is 0 Å². The summed E-state index contributed by atoms with van der Waals surface area (Å²) < 4.78 is 0. The predicted molar refractivity (Wildman–Crippen MR) is 137 cm³/mol. The molecule has 0 aliphatic carbocycles. The summed E-state index contributed by atoms with van der Waals surface area (Å²) in [5.41, 5.74) is 1.30. The van der Waals surface area contributed by atoms with E-state index in [0.29, 0.717) is 5.69 Å². The number of nitro benzene ring substituents is 1. The number of amides is 5. The number of carbonyl (C=O) groups is 4. The molecule has 5 amide bonds. The van der Waals surface area contributed by atoms with Crippen LogP contribution in [0.4, 0.5) is 21.0 Å². The number of anilines is 1. The van der Waals surface area contributed by atoms with Crippen molar-refractivity contribution in [2.24, 2.45) is 0 Å². The monoisotopic (exact) mass is 524 g/mol. The van der Waals surface area contributed by atoms with Gasteiger partial charge in [-0.25, -0.2) is 9.59 Å². The lowest BCUT2D eigenvalue weighted by molar-refractivity contribution is -0.384. The molecule has 13 nitrogen and oxygen atoms in total. The van der Waals surface area contributed by atoms with E-state index >= 15 is 0 Å². The third kappa shape index (κ3) is 6.84. The summed E-state index contributed by atoms with van der Waals surface area (Å²) in [7, 11) is 0. The Bertz CT molecular complexity index is 1250. The van der Waals surface area contributed by atoms with Crippen molar-refractivity contribution >= 4 is 35.3 Å². The molecule has 0 spiro atoms. The molecule has 1 aliphatic rings. The van der Waals surface area contributed by atoms with Crippen LogP contribution >= 0.6 is 0 Å². The minimum atomic E-state index is -1.42. The fourth-order valence-electron chi connectivity index (χ4n) is 4.04. The zero-order valence-electron chi connectivity index (χ0n) is 20.6. The van der Waals surface area contributed by atoms with Crippen molar-refractivity contribution in [1.29, 1.82) is 0 Å². The first-order valence-electron chi connectivity index (χ1n) is 11.7. The Labute approximate surface area is 218 Å². The van der Waals surface area contributed by atoms with Crippen LogP contribution < -0.4 is 16.0 Å². The van der Waals surface area contributed by atoms with Crippen LogP contribution in [0.1, 0.15) is 23.6 Å². The van der Waals surface area contributed by atoms with Crippen molar-refractivity contribution < 1.29 is 29.2 Å². The maximum atomic E-state index is 13.5. The Hall–Kier alpha value is -4.94. The average Bonchev–Trinajstić information content (AvgIpc) is 3.32. The molecule has 1 fully saturated rings. The van der Waals surface area contributed by atoms with Gasteiger partial charge in [0.25, 0.3) is 11.6 Å². The number of urea groups is 2. The van der Waals surface area contributed by atoms with Crippen molar-refractivity contribution in [3.05, 3.63) is 82.4 Å². The minimum absolute atomic E-state index is 0.0254. The summed E-state index contributed by atoms with van der Waals surface area (Å²) in [4.78, 5) is 64.0. The highest BCUT2D eigenvalue weighted by molar-refractivity contribution is 5.96. The number of aryl methyl sites for hydroxylation is 1. The standard InChI is InChI=1S/C25H28N6O7/c1-3-10-26-24(35)29-11-12-30(25(36)27-18-8-4-6-16(2)13-18)23(29)22(34)28-20(15-21(32)33)17-7-5-9-19(14-17)31(37)38/h3-9,13-14,20,23H,1,10-12,15H2,2H3,(H,26,35)(H,27,36)(H,28,34)(H,32,33). The number of rotatable bonds is 9. The number of nitrogens with zero attached hydrogens (tertiary/aromatic N) is 3. The Morgan fingerprint density at radius 3 is 2.45 bits per heavy atom. The lowest BCUT2D eigenvalue weighted by Gasteiger charge is -2.30. The number of nitrogens with one attached hydrogen (secondary N) is 3. The molecular formula is C25H28N6O7. The molecule has 2 aromatic carbocycles. The van der Waals surface area contributed by atoms with Crippen molar-refractivity contribution in [1.82, 2.24) is 20.4 Å². The van der Waals surface area contributed by atoms with Gasteiger partial charge in [-0.1, -0.05) is 30.3 Å². The lowest BCUT2D eigenvalue weighted by Crippen LogP contribution is -2.56. The number of hydrogen-bond donors (Lipinski definition) is 4. The molecular weight excluding hydrogens is 496 g/mol. The fraction of sp³-hybridized carbons (Fsp3) is 0.280. The van der Waals surface area contributed by atoms with Gasteiger partial charge in [0.1, 0.15) is 0 Å². The summed E-state index contributed by atoms with van der Waals surface area (Å²) in [6, 6.07) is 9.82. The smallest absolute Gasteiger partial charge is 0.323 e. The molecule has 2 atom stereocenters. The van der Waals surface area contributed by atoms with Gasteiger partial charge >= 0.3 is 18.0 Å². The first kappa shape index (κ1) is 27.6. The minimum Gasteiger partial charge on any atom is -0.481 e. The molecule has 3 rings (SSSR count). The fourth-order valence-corrected chi connectivity index (χ4v) is 4.04. The Kier molecular flexibility index (Phi) is 8.98. The number of nitro groups is 1. The van der Waals surface area contributed by atoms with E-state index in [1.807, 2.05) is 13.0 Å². The molecule has 0 bridgehead atoms. The van der Waals surface area contributed by atoms with E-state index in [1.165, 1.54) is 30.3 Å². The third-order valence-corrected chi connectivity index (χ3v) is 5.77. The summed E-state index contributed by atoms with van der Waals surface area (Å²) in [5, 5.41) is 28.5. The average molecular weight is 525 g/mol. The molecule has 200 valence electrons. The van der Waals surface area contributed by atoms with Crippen LogP contribution in [-0.2, 0) is 9.59 Å². The highest BCUT2D eigenvalue weighted by Crippen LogP contribution is 2.24. The van der Waals surface area contributed by atoms with Crippen molar-refractivity contribution in [2.75, 3.05) is 25.0 Å². The molecule has 0 aromatic heterocycles. The Morgan fingerprint density at radius 1 is 1.13 bits per heavy atom. The zero-order chi connectivity index (χ0) is 27.8. The second kappa shape index (κ2) is 12.3.